The molecule has 0 saturated carbocycles. The molecule has 0 bridgehead atoms. The lowest BCUT2D eigenvalue weighted by molar-refractivity contribution is -0.386. The number of nitro groups is 1. The van der Waals surface area contributed by atoms with Gasteiger partial charge in [0, 0.05) is 5.56 Å². The van der Waals surface area contributed by atoms with E-state index in [1.807, 2.05) is 0 Å². The Hall–Kier alpha value is -2.31. The highest BCUT2D eigenvalue weighted by molar-refractivity contribution is 5.68. The largest absolute Gasteiger partial charge is 0.511 e. The highest BCUT2D eigenvalue weighted by Crippen LogP contribution is 2.41. The molecular formula is C11H13NO6. The molecule has 0 unspecified atom stereocenters. The Morgan fingerprint density at radius 3 is 2.44 bits per heavy atom. The second-order valence-electron chi connectivity index (χ2n) is 3.54. The minimum Gasteiger partial charge on any atom is -0.499 e. The third kappa shape index (κ3) is 2.50. The van der Waals surface area contributed by atoms with E-state index >= 15 is 0 Å². The average Bonchev–Trinajstić information content (AvgIpc) is 2.29. The number of benzene rings is 1. The number of rotatable bonds is 4. The third-order valence-electron chi connectivity index (χ3n) is 2.55. The van der Waals surface area contributed by atoms with E-state index < -0.39 is 28.3 Å². The van der Waals surface area contributed by atoms with Gasteiger partial charge < -0.3 is 14.9 Å². The van der Waals surface area contributed by atoms with Crippen molar-refractivity contribution in [3.8, 4) is 11.5 Å². The van der Waals surface area contributed by atoms with Gasteiger partial charge >= 0.3 is 11.8 Å². The first-order valence-electron chi connectivity index (χ1n) is 5.35. The van der Waals surface area contributed by atoms with Crippen molar-refractivity contribution in [1.29, 1.82) is 0 Å². The predicted molar refractivity (Wildman–Crippen MR) is 62.2 cm³/mol. The maximum absolute atomic E-state index is 11.0. The summed E-state index contributed by atoms with van der Waals surface area (Å²) in [6, 6.07) is 1.31. The molecule has 98 valence electrons. The Morgan fingerprint density at radius 2 is 2.06 bits per heavy atom. The Morgan fingerprint density at radius 1 is 1.44 bits per heavy atom. The first kappa shape index (κ1) is 13.8. The molecule has 1 aromatic rings. The monoisotopic (exact) mass is 255 g/mol. The normalized spacial score (nSPS) is 10.1. The van der Waals surface area contributed by atoms with Gasteiger partial charge in [-0.15, -0.1) is 0 Å². The van der Waals surface area contributed by atoms with Crippen LogP contribution in [-0.2, 0) is 12.8 Å². The number of carboxylic acid groups (broad SMARTS) is 1. The van der Waals surface area contributed by atoms with Gasteiger partial charge in [-0.05, 0) is 24.5 Å². The molecule has 0 aliphatic rings. The molecule has 2 N–H and O–H groups in total. The van der Waals surface area contributed by atoms with Gasteiger partial charge in [0.05, 0.1) is 4.92 Å². The van der Waals surface area contributed by atoms with Crippen LogP contribution in [0.3, 0.4) is 0 Å². The summed E-state index contributed by atoms with van der Waals surface area (Å²) in [5, 5.41) is 29.2. The first-order chi connectivity index (χ1) is 8.42. The average molecular weight is 255 g/mol. The summed E-state index contributed by atoms with van der Waals surface area (Å²) in [7, 11) is 0. The third-order valence-corrected chi connectivity index (χ3v) is 2.55. The van der Waals surface area contributed by atoms with Gasteiger partial charge in [0.25, 0.3) is 0 Å². The van der Waals surface area contributed by atoms with Crippen LogP contribution in [-0.4, -0.2) is 21.3 Å². The Balaban J connectivity index is 3.54. The summed E-state index contributed by atoms with van der Waals surface area (Å²) in [5.74, 6) is -1.17. The summed E-state index contributed by atoms with van der Waals surface area (Å²) in [4.78, 5) is 20.7. The Kier molecular flexibility index (Phi) is 4.09. The fourth-order valence-electron chi connectivity index (χ4n) is 1.80. The molecule has 1 aromatic carbocycles. The summed E-state index contributed by atoms with van der Waals surface area (Å²) in [6.45, 7) is 3.50. The van der Waals surface area contributed by atoms with E-state index in [-0.39, 0.29) is 0 Å². The minimum absolute atomic E-state index is 0.362. The quantitative estimate of drug-likeness (QED) is 0.370. The minimum atomic E-state index is -1.63. The molecule has 0 aromatic heterocycles. The van der Waals surface area contributed by atoms with Gasteiger partial charge in [-0.25, -0.2) is 4.79 Å². The maximum atomic E-state index is 11.0. The number of nitro benzene ring substituents is 1. The van der Waals surface area contributed by atoms with Crippen LogP contribution >= 0.6 is 0 Å². The van der Waals surface area contributed by atoms with Gasteiger partial charge in [0.1, 0.15) is 0 Å². The van der Waals surface area contributed by atoms with Crippen molar-refractivity contribution in [3.05, 3.63) is 27.3 Å². The molecule has 0 amide bonds. The molecular weight excluding hydrogens is 242 g/mol. The van der Waals surface area contributed by atoms with Gasteiger partial charge in [0.2, 0.25) is 5.75 Å². The predicted octanol–water partition coefficient (Wildman–Crippen LogP) is 2.48. The fraction of sp³-hybridized carbons (Fsp3) is 0.364. The van der Waals surface area contributed by atoms with Crippen LogP contribution in [0.2, 0.25) is 0 Å². The molecule has 0 aliphatic carbocycles. The Bertz CT molecular complexity index is 497. The molecule has 7 heteroatoms. The molecule has 0 radical (unpaired) electrons. The van der Waals surface area contributed by atoms with Crippen LogP contribution in [0, 0.1) is 10.1 Å². The van der Waals surface area contributed by atoms with Gasteiger partial charge in [-0.2, -0.15) is 0 Å². The van der Waals surface area contributed by atoms with Gasteiger partial charge in [-0.1, -0.05) is 13.8 Å². The number of phenols is 1. The molecule has 0 fully saturated rings. The highest BCUT2D eigenvalue weighted by atomic mass is 16.7. The zero-order valence-corrected chi connectivity index (χ0v) is 9.97. The number of nitrogens with zero attached hydrogens (tertiary/aromatic N) is 1. The van der Waals surface area contributed by atoms with Crippen molar-refractivity contribution in [1.82, 2.24) is 0 Å². The van der Waals surface area contributed by atoms with Crippen molar-refractivity contribution in [2.45, 2.75) is 26.7 Å². The van der Waals surface area contributed by atoms with E-state index in [1.54, 1.807) is 13.8 Å². The maximum Gasteiger partial charge on any atom is 0.511 e. The number of carbonyl (C=O) groups is 1. The molecule has 0 atom stereocenters. The number of aryl methyl sites for hydroxylation is 1. The van der Waals surface area contributed by atoms with Crippen LogP contribution in [0.25, 0.3) is 0 Å². The smallest absolute Gasteiger partial charge is 0.499 e. The SMILES string of the molecule is CCc1cc(OC(=O)O)c(O)c([N+](=O)[O-])c1CC. The van der Waals surface area contributed by atoms with Crippen molar-refractivity contribution >= 4 is 11.8 Å². The lowest BCUT2D eigenvalue weighted by Gasteiger charge is -2.11. The van der Waals surface area contributed by atoms with E-state index in [1.165, 1.54) is 6.07 Å². The lowest BCUT2D eigenvalue weighted by atomic mass is 9.99. The van der Waals surface area contributed by atoms with E-state index in [9.17, 15) is 20.0 Å². The second kappa shape index (κ2) is 5.35. The number of ether oxygens (including phenoxy) is 1. The summed E-state index contributed by atoms with van der Waals surface area (Å²) >= 11 is 0. The number of aromatic hydroxyl groups is 1. The van der Waals surface area contributed by atoms with E-state index in [0.29, 0.717) is 24.0 Å². The van der Waals surface area contributed by atoms with Gasteiger partial charge in [-0.3, -0.25) is 10.1 Å². The van der Waals surface area contributed by atoms with Crippen molar-refractivity contribution in [2.75, 3.05) is 0 Å². The van der Waals surface area contributed by atoms with E-state index in [0.717, 1.165) is 0 Å². The topological polar surface area (TPSA) is 110 Å². The Labute approximate surface area is 103 Å². The summed E-state index contributed by atoms with van der Waals surface area (Å²) in [6.07, 6.45) is -0.799. The van der Waals surface area contributed by atoms with Crippen molar-refractivity contribution < 1.29 is 24.7 Å². The standard InChI is InChI=1S/C11H13NO6/c1-3-6-5-8(18-11(14)15)10(13)9(12(16)17)7(6)4-2/h5,13H,3-4H2,1-2H3,(H,14,15). The summed E-state index contributed by atoms with van der Waals surface area (Å²) < 4.78 is 4.34. The van der Waals surface area contributed by atoms with Crippen LogP contribution in [0.5, 0.6) is 11.5 Å². The molecule has 0 spiro atoms. The van der Waals surface area contributed by atoms with Crippen LogP contribution in [0.15, 0.2) is 6.07 Å². The van der Waals surface area contributed by atoms with Crippen LogP contribution < -0.4 is 4.74 Å². The number of hydrogen-bond donors (Lipinski definition) is 2. The second-order valence-corrected chi connectivity index (χ2v) is 3.54. The molecule has 0 aliphatic heterocycles. The molecule has 18 heavy (non-hydrogen) atoms. The van der Waals surface area contributed by atoms with Crippen molar-refractivity contribution in [2.24, 2.45) is 0 Å². The lowest BCUT2D eigenvalue weighted by Crippen LogP contribution is -2.07. The molecule has 0 saturated heterocycles. The fourth-order valence-corrected chi connectivity index (χ4v) is 1.80. The van der Waals surface area contributed by atoms with Crippen LogP contribution in [0.1, 0.15) is 25.0 Å². The molecule has 0 heterocycles. The highest BCUT2D eigenvalue weighted by Gasteiger charge is 2.26. The van der Waals surface area contributed by atoms with Crippen LogP contribution in [0.4, 0.5) is 10.5 Å². The number of hydrogen-bond acceptors (Lipinski definition) is 5. The van der Waals surface area contributed by atoms with Crippen molar-refractivity contribution in [3.63, 3.8) is 0 Å². The zero-order chi connectivity index (χ0) is 13.9. The summed E-state index contributed by atoms with van der Waals surface area (Å²) in [5.41, 5.74) is 0.476. The van der Waals surface area contributed by atoms with Gasteiger partial charge in [0.15, 0.2) is 5.75 Å². The number of phenolic OH excluding ortho intramolecular Hbond substituents is 1. The first-order valence-corrected chi connectivity index (χ1v) is 5.35. The molecule has 7 nitrogen and oxygen atoms in total. The van der Waals surface area contributed by atoms with E-state index in [2.05, 4.69) is 4.74 Å². The van der Waals surface area contributed by atoms with E-state index in [4.69, 9.17) is 5.11 Å². The zero-order valence-electron chi connectivity index (χ0n) is 9.97. The molecule has 1 rings (SSSR count).